The zero-order valence-corrected chi connectivity index (χ0v) is 12.7. The minimum atomic E-state index is -3.40. The van der Waals surface area contributed by atoms with E-state index in [-0.39, 0.29) is 5.03 Å². The lowest BCUT2D eigenvalue weighted by Gasteiger charge is -2.37. The Balaban J connectivity index is 1.65. The van der Waals surface area contributed by atoms with E-state index in [1.54, 1.807) is 11.2 Å². The van der Waals surface area contributed by atoms with E-state index in [0.29, 0.717) is 25.0 Å². The molecule has 0 aromatic carbocycles. The van der Waals surface area contributed by atoms with Crippen LogP contribution in [0.15, 0.2) is 11.2 Å². The second-order valence-corrected chi connectivity index (χ2v) is 7.62. The van der Waals surface area contributed by atoms with Crippen molar-refractivity contribution >= 4 is 10.0 Å². The molecular formula is C13H22N4O2S. The highest BCUT2D eigenvalue weighted by atomic mass is 32.2. The first-order valence-electron chi connectivity index (χ1n) is 7.33. The predicted octanol–water partition coefficient (Wildman–Crippen LogP) is 0.967. The van der Waals surface area contributed by atoms with E-state index in [0.717, 1.165) is 13.1 Å². The lowest BCUT2D eigenvalue weighted by atomic mass is 10.2. The van der Waals surface area contributed by atoms with Crippen LogP contribution in [0.25, 0.3) is 0 Å². The fourth-order valence-electron chi connectivity index (χ4n) is 3.25. The Morgan fingerprint density at radius 2 is 1.85 bits per heavy atom. The maximum Gasteiger partial charge on any atom is 0.260 e. The van der Waals surface area contributed by atoms with Crippen LogP contribution in [0.5, 0.6) is 0 Å². The van der Waals surface area contributed by atoms with E-state index in [9.17, 15) is 8.42 Å². The number of aromatic nitrogens is 2. The lowest BCUT2D eigenvalue weighted by Crippen LogP contribution is -2.51. The molecular weight excluding hydrogens is 276 g/mol. The number of hydrogen-bond donors (Lipinski definition) is 1. The molecule has 0 spiro atoms. The van der Waals surface area contributed by atoms with Crippen LogP contribution < -0.4 is 0 Å². The third-order valence-electron chi connectivity index (χ3n) is 4.41. The van der Waals surface area contributed by atoms with Crippen LogP contribution >= 0.6 is 0 Å². The van der Waals surface area contributed by atoms with Crippen LogP contribution in [0, 0.1) is 6.92 Å². The summed E-state index contributed by atoms with van der Waals surface area (Å²) in [6.07, 6.45) is 6.58. The van der Waals surface area contributed by atoms with Gasteiger partial charge in [0.05, 0.1) is 6.20 Å². The largest absolute Gasteiger partial charge is 0.332 e. The molecule has 1 aliphatic heterocycles. The second-order valence-electron chi connectivity index (χ2n) is 5.71. The molecule has 2 fully saturated rings. The maximum atomic E-state index is 12.5. The summed E-state index contributed by atoms with van der Waals surface area (Å²) in [7, 11) is -3.40. The van der Waals surface area contributed by atoms with Crippen molar-refractivity contribution in [3.8, 4) is 0 Å². The summed E-state index contributed by atoms with van der Waals surface area (Å²) >= 11 is 0. The van der Waals surface area contributed by atoms with Gasteiger partial charge in [-0.15, -0.1) is 0 Å². The summed E-state index contributed by atoms with van der Waals surface area (Å²) in [5.74, 6) is 0.633. The molecule has 2 aliphatic rings. The van der Waals surface area contributed by atoms with Gasteiger partial charge in [-0.25, -0.2) is 13.4 Å². The third kappa shape index (κ3) is 2.62. The number of imidazole rings is 1. The highest BCUT2D eigenvalue weighted by Gasteiger charge is 2.32. The number of nitrogens with zero attached hydrogens (tertiary/aromatic N) is 3. The first kappa shape index (κ1) is 14.0. The van der Waals surface area contributed by atoms with Crippen molar-refractivity contribution in [3.63, 3.8) is 0 Å². The molecule has 20 heavy (non-hydrogen) atoms. The van der Waals surface area contributed by atoms with Crippen LogP contribution in [0.3, 0.4) is 0 Å². The van der Waals surface area contributed by atoms with Gasteiger partial charge in [-0.3, -0.25) is 4.90 Å². The first-order chi connectivity index (χ1) is 9.57. The molecule has 0 amide bonds. The number of piperazine rings is 1. The van der Waals surface area contributed by atoms with Gasteiger partial charge in [0.1, 0.15) is 5.82 Å². The van der Waals surface area contributed by atoms with Crippen molar-refractivity contribution in [1.82, 2.24) is 19.2 Å². The maximum absolute atomic E-state index is 12.5. The van der Waals surface area contributed by atoms with Crippen molar-refractivity contribution in [2.75, 3.05) is 26.2 Å². The molecule has 7 heteroatoms. The van der Waals surface area contributed by atoms with Crippen LogP contribution in [-0.2, 0) is 10.0 Å². The molecule has 1 N–H and O–H groups in total. The molecule has 0 unspecified atom stereocenters. The number of aryl methyl sites for hydroxylation is 1. The summed E-state index contributed by atoms with van der Waals surface area (Å²) in [4.78, 5) is 9.27. The zero-order valence-electron chi connectivity index (χ0n) is 11.9. The lowest BCUT2D eigenvalue weighted by molar-refractivity contribution is 0.139. The molecule has 1 aliphatic carbocycles. The van der Waals surface area contributed by atoms with Crippen molar-refractivity contribution in [1.29, 1.82) is 0 Å². The summed E-state index contributed by atoms with van der Waals surface area (Å²) in [6, 6.07) is 0.675. The Kier molecular flexibility index (Phi) is 3.83. The standard InChI is InChI=1S/C13H22N4O2S/c1-11-14-10-13(15-11)20(18,19)17-8-6-16(7-9-17)12-4-2-3-5-12/h10,12H,2-9H2,1H3,(H,14,15). The summed E-state index contributed by atoms with van der Waals surface area (Å²) in [5.41, 5.74) is 0. The third-order valence-corrected chi connectivity index (χ3v) is 6.22. The minimum Gasteiger partial charge on any atom is -0.332 e. The summed E-state index contributed by atoms with van der Waals surface area (Å²) < 4.78 is 26.5. The molecule has 1 aromatic heterocycles. The SMILES string of the molecule is Cc1ncc(S(=O)(=O)N2CCN(C3CCCC3)CC2)[nH]1. The molecule has 0 atom stereocenters. The second kappa shape index (κ2) is 5.46. The Morgan fingerprint density at radius 1 is 1.20 bits per heavy atom. The highest BCUT2D eigenvalue weighted by molar-refractivity contribution is 7.89. The van der Waals surface area contributed by atoms with Crippen molar-refractivity contribution in [2.24, 2.45) is 0 Å². The smallest absolute Gasteiger partial charge is 0.260 e. The average Bonchev–Trinajstić information content (AvgIpc) is 3.10. The van der Waals surface area contributed by atoms with Crippen LogP contribution in [0.1, 0.15) is 31.5 Å². The number of aromatic amines is 1. The van der Waals surface area contributed by atoms with Gasteiger partial charge >= 0.3 is 0 Å². The quantitative estimate of drug-likeness (QED) is 0.902. The summed E-state index contributed by atoms with van der Waals surface area (Å²) in [5, 5.41) is 0.212. The number of H-pyrrole nitrogens is 1. The van der Waals surface area contributed by atoms with E-state index in [4.69, 9.17) is 0 Å². The average molecular weight is 298 g/mol. The molecule has 1 aromatic rings. The fraction of sp³-hybridized carbons (Fsp3) is 0.769. The Bertz CT molecular complexity index is 555. The van der Waals surface area contributed by atoms with Gasteiger partial charge in [0.25, 0.3) is 10.0 Å². The summed E-state index contributed by atoms with van der Waals surface area (Å²) in [6.45, 7) is 4.61. The van der Waals surface area contributed by atoms with Gasteiger partial charge in [0.15, 0.2) is 5.03 Å². The Labute approximate surface area is 120 Å². The normalized spacial score (nSPS) is 23.4. The van der Waals surface area contributed by atoms with E-state index in [2.05, 4.69) is 14.9 Å². The molecule has 6 nitrogen and oxygen atoms in total. The molecule has 112 valence electrons. The monoisotopic (exact) mass is 298 g/mol. The van der Waals surface area contributed by atoms with E-state index in [1.165, 1.54) is 31.9 Å². The van der Waals surface area contributed by atoms with Crippen molar-refractivity contribution in [2.45, 2.75) is 43.7 Å². The van der Waals surface area contributed by atoms with Crippen molar-refractivity contribution in [3.05, 3.63) is 12.0 Å². The molecule has 3 rings (SSSR count). The van der Waals surface area contributed by atoms with Gasteiger partial charge in [0.2, 0.25) is 0 Å². The zero-order chi connectivity index (χ0) is 14.2. The Morgan fingerprint density at radius 3 is 2.40 bits per heavy atom. The number of rotatable bonds is 3. The molecule has 0 radical (unpaired) electrons. The van der Waals surface area contributed by atoms with Gasteiger partial charge < -0.3 is 4.98 Å². The van der Waals surface area contributed by atoms with Gasteiger partial charge in [-0.05, 0) is 19.8 Å². The van der Waals surface area contributed by atoms with E-state index >= 15 is 0 Å². The van der Waals surface area contributed by atoms with Crippen LogP contribution in [0.4, 0.5) is 0 Å². The fourth-order valence-corrected chi connectivity index (χ4v) is 4.63. The van der Waals surface area contributed by atoms with Gasteiger partial charge in [-0.1, -0.05) is 12.8 Å². The number of hydrogen-bond acceptors (Lipinski definition) is 4. The number of nitrogens with one attached hydrogen (secondary N) is 1. The van der Waals surface area contributed by atoms with Crippen LogP contribution in [-0.4, -0.2) is 59.8 Å². The molecule has 0 bridgehead atoms. The van der Waals surface area contributed by atoms with E-state index < -0.39 is 10.0 Å². The predicted molar refractivity (Wildman–Crippen MR) is 75.9 cm³/mol. The Hall–Kier alpha value is -0.920. The molecule has 2 heterocycles. The minimum absolute atomic E-state index is 0.212. The molecule has 1 saturated carbocycles. The first-order valence-corrected chi connectivity index (χ1v) is 8.77. The van der Waals surface area contributed by atoms with Gasteiger partial charge in [0, 0.05) is 32.2 Å². The van der Waals surface area contributed by atoms with E-state index in [1.807, 2.05) is 0 Å². The van der Waals surface area contributed by atoms with Crippen molar-refractivity contribution < 1.29 is 8.42 Å². The highest BCUT2D eigenvalue weighted by Crippen LogP contribution is 2.25. The van der Waals surface area contributed by atoms with Gasteiger partial charge in [-0.2, -0.15) is 4.31 Å². The molecule has 1 saturated heterocycles. The number of sulfonamides is 1. The topological polar surface area (TPSA) is 69.3 Å². The van der Waals surface area contributed by atoms with Crippen LogP contribution in [0.2, 0.25) is 0 Å².